The molecular weight excluding hydrogens is 600 g/mol. The molecule has 0 amide bonds. The molecule has 1 aliphatic heterocycles. The molecule has 228 valence electrons. The molecule has 42 heavy (non-hydrogen) atoms. The Kier molecular flexibility index (Phi) is 9.27. The summed E-state index contributed by atoms with van der Waals surface area (Å²) in [6.07, 6.45) is -9.10. The number of amidine groups is 1. The first-order chi connectivity index (χ1) is 19.7. The molecule has 0 saturated carbocycles. The maximum atomic E-state index is 15.1. The van der Waals surface area contributed by atoms with E-state index < -0.39 is 65.0 Å². The van der Waals surface area contributed by atoms with E-state index in [1.165, 1.54) is 17.6 Å². The fourth-order valence-electron chi connectivity index (χ4n) is 4.47. The SMILES string of the molecule is COc1c(C(=N)NO)cc(F)c(OCc2sc(-c3ccc(C(F)(F)F)cc3)nc2CN2CCC(C(F)(F)F)CC2)c1F. The molecule has 0 atom stereocenters. The predicted octanol–water partition coefficient (Wildman–Crippen LogP) is 6.77. The van der Waals surface area contributed by atoms with Gasteiger partial charge in [-0.25, -0.2) is 9.37 Å². The molecule has 0 bridgehead atoms. The van der Waals surface area contributed by atoms with Gasteiger partial charge in [0.1, 0.15) is 11.6 Å². The Morgan fingerprint density at radius 1 is 1.10 bits per heavy atom. The summed E-state index contributed by atoms with van der Waals surface area (Å²) in [5.74, 6) is -6.12. The minimum Gasteiger partial charge on any atom is -0.493 e. The van der Waals surface area contributed by atoms with Crippen molar-refractivity contribution in [1.29, 1.82) is 5.41 Å². The average molecular weight is 625 g/mol. The highest BCUT2D eigenvalue weighted by Crippen LogP contribution is 2.38. The molecule has 7 nitrogen and oxygen atoms in total. The molecule has 0 unspecified atom stereocenters. The van der Waals surface area contributed by atoms with Crippen molar-refractivity contribution in [2.24, 2.45) is 5.92 Å². The Morgan fingerprint density at radius 2 is 1.74 bits per heavy atom. The van der Waals surface area contributed by atoms with Gasteiger partial charge in [-0.05, 0) is 44.1 Å². The predicted molar refractivity (Wildman–Crippen MR) is 136 cm³/mol. The van der Waals surface area contributed by atoms with Crippen molar-refractivity contribution in [2.45, 2.75) is 38.3 Å². The first-order valence-corrected chi connectivity index (χ1v) is 13.2. The van der Waals surface area contributed by atoms with Crippen LogP contribution in [0, 0.1) is 23.0 Å². The van der Waals surface area contributed by atoms with E-state index in [1.807, 2.05) is 0 Å². The van der Waals surface area contributed by atoms with Crippen LogP contribution >= 0.6 is 11.3 Å². The quantitative estimate of drug-likeness (QED) is 0.111. The van der Waals surface area contributed by atoms with E-state index in [2.05, 4.69) is 4.98 Å². The average Bonchev–Trinajstić information content (AvgIpc) is 3.34. The summed E-state index contributed by atoms with van der Waals surface area (Å²) in [5.41, 5.74) is 0.834. The number of hydrogen-bond acceptors (Lipinski definition) is 7. The number of likely N-dealkylation sites (tertiary alicyclic amines) is 1. The van der Waals surface area contributed by atoms with Crippen LogP contribution in [-0.2, 0) is 19.3 Å². The number of thiazole rings is 1. The lowest BCUT2D eigenvalue weighted by Gasteiger charge is -2.32. The summed E-state index contributed by atoms with van der Waals surface area (Å²) in [4.78, 5) is 6.57. The van der Waals surface area contributed by atoms with Crippen LogP contribution < -0.4 is 15.0 Å². The van der Waals surface area contributed by atoms with E-state index >= 15 is 4.39 Å². The van der Waals surface area contributed by atoms with Gasteiger partial charge in [-0.2, -0.15) is 30.7 Å². The first-order valence-electron chi connectivity index (χ1n) is 12.4. The van der Waals surface area contributed by atoms with E-state index in [0.29, 0.717) is 16.1 Å². The largest absolute Gasteiger partial charge is 0.493 e. The number of aromatic nitrogens is 1. The second kappa shape index (κ2) is 12.4. The number of ether oxygens (including phenoxy) is 2. The van der Waals surface area contributed by atoms with Gasteiger partial charge in [0.05, 0.1) is 34.7 Å². The Bertz CT molecular complexity index is 1420. The van der Waals surface area contributed by atoms with Gasteiger partial charge in [-0.15, -0.1) is 11.3 Å². The normalized spacial score (nSPS) is 15.1. The summed E-state index contributed by atoms with van der Waals surface area (Å²) in [6.45, 7) is -0.138. The van der Waals surface area contributed by atoms with Crippen molar-refractivity contribution in [1.82, 2.24) is 15.4 Å². The number of rotatable bonds is 8. The zero-order chi connectivity index (χ0) is 30.8. The third-order valence-corrected chi connectivity index (χ3v) is 7.85. The number of hydroxylamine groups is 1. The molecule has 0 radical (unpaired) electrons. The van der Waals surface area contributed by atoms with Gasteiger partial charge in [0.2, 0.25) is 5.82 Å². The molecule has 1 saturated heterocycles. The fraction of sp³-hybridized carbons (Fsp3) is 0.385. The van der Waals surface area contributed by atoms with Crippen molar-refractivity contribution in [3.05, 3.63) is 63.7 Å². The maximum absolute atomic E-state index is 15.1. The van der Waals surface area contributed by atoms with Crippen molar-refractivity contribution in [2.75, 3.05) is 20.2 Å². The zero-order valence-corrected chi connectivity index (χ0v) is 22.6. The number of benzene rings is 2. The van der Waals surface area contributed by atoms with Crippen molar-refractivity contribution < 1.29 is 49.8 Å². The van der Waals surface area contributed by atoms with E-state index in [-0.39, 0.29) is 37.5 Å². The third kappa shape index (κ3) is 6.93. The molecule has 0 spiro atoms. The molecule has 3 N–H and O–H groups in total. The second-order valence-corrected chi connectivity index (χ2v) is 10.5. The summed E-state index contributed by atoms with van der Waals surface area (Å²) >= 11 is 0.995. The van der Waals surface area contributed by atoms with Gasteiger partial charge >= 0.3 is 12.4 Å². The molecular formula is C26H24F8N4O3S. The number of piperidine rings is 1. The van der Waals surface area contributed by atoms with Crippen LogP contribution in [0.3, 0.4) is 0 Å². The highest BCUT2D eigenvalue weighted by atomic mass is 32.1. The van der Waals surface area contributed by atoms with Crippen LogP contribution in [0.15, 0.2) is 30.3 Å². The highest BCUT2D eigenvalue weighted by molar-refractivity contribution is 7.15. The fourth-order valence-corrected chi connectivity index (χ4v) is 5.46. The highest BCUT2D eigenvalue weighted by Gasteiger charge is 2.41. The van der Waals surface area contributed by atoms with Gasteiger partial charge in [0.25, 0.3) is 0 Å². The van der Waals surface area contributed by atoms with Gasteiger partial charge in [0, 0.05) is 12.1 Å². The minimum absolute atomic E-state index is 0.0763. The zero-order valence-electron chi connectivity index (χ0n) is 21.8. The van der Waals surface area contributed by atoms with E-state index in [0.717, 1.165) is 36.6 Å². The number of hydrogen-bond donors (Lipinski definition) is 3. The lowest BCUT2D eigenvalue weighted by atomic mass is 9.96. The van der Waals surface area contributed by atoms with Crippen LogP contribution in [0.1, 0.15) is 34.5 Å². The summed E-state index contributed by atoms with van der Waals surface area (Å²) in [5, 5.41) is 16.8. The number of alkyl halides is 6. The van der Waals surface area contributed by atoms with Gasteiger partial charge < -0.3 is 9.47 Å². The van der Waals surface area contributed by atoms with Gasteiger partial charge in [-0.1, -0.05) is 12.1 Å². The smallest absolute Gasteiger partial charge is 0.416 e. The number of nitrogens with one attached hydrogen (secondary N) is 2. The molecule has 16 heteroatoms. The summed E-state index contributed by atoms with van der Waals surface area (Å²) in [6, 6.07) is 4.92. The molecule has 1 aliphatic rings. The topological polar surface area (TPSA) is 90.7 Å². The van der Waals surface area contributed by atoms with Crippen molar-refractivity contribution in [3.63, 3.8) is 0 Å². The van der Waals surface area contributed by atoms with Crippen molar-refractivity contribution >= 4 is 17.2 Å². The summed E-state index contributed by atoms with van der Waals surface area (Å²) in [7, 11) is 1.06. The van der Waals surface area contributed by atoms with Crippen LogP contribution in [-0.4, -0.2) is 47.3 Å². The van der Waals surface area contributed by atoms with E-state index in [9.17, 15) is 30.7 Å². The Labute approximate surface area is 238 Å². The minimum atomic E-state index is -4.55. The molecule has 2 heterocycles. The summed E-state index contributed by atoms with van der Waals surface area (Å²) < 4.78 is 119. The van der Waals surface area contributed by atoms with E-state index in [4.69, 9.17) is 20.1 Å². The number of nitrogens with zero attached hydrogens (tertiary/aromatic N) is 2. The monoisotopic (exact) mass is 624 g/mol. The molecule has 2 aromatic carbocycles. The van der Waals surface area contributed by atoms with Crippen LogP contribution in [0.2, 0.25) is 0 Å². The number of halogens is 8. The first kappa shape index (κ1) is 31.4. The lowest BCUT2D eigenvalue weighted by molar-refractivity contribution is -0.185. The van der Waals surface area contributed by atoms with E-state index in [1.54, 1.807) is 4.90 Å². The Hall–Kier alpha value is -3.50. The van der Waals surface area contributed by atoms with Crippen molar-refractivity contribution in [3.8, 4) is 22.1 Å². The molecule has 4 rings (SSSR count). The van der Waals surface area contributed by atoms with Gasteiger partial charge in [0.15, 0.2) is 23.2 Å². The number of methoxy groups -OCH3 is 1. The van der Waals surface area contributed by atoms with Crippen LogP contribution in [0.5, 0.6) is 11.5 Å². The third-order valence-electron chi connectivity index (χ3n) is 6.73. The van der Waals surface area contributed by atoms with Gasteiger partial charge in [-0.3, -0.25) is 21.0 Å². The second-order valence-electron chi connectivity index (χ2n) is 9.41. The maximum Gasteiger partial charge on any atom is 0.416 e. The molecule has 1 aromatic heterocycles. The van der Waals surface area contributed by atoms with Crippen LogP contribution in [0.25, 0.3) is 10.6 Å². The van der Waals surface area contributed by atoms with Crippen LogP contribution in [0.4, 0.5) is 35.1 Å². The molecule has 1 fully saturated rings. The lowest BCUT2D eigenvalue weighted by Crippen LogP contribution is -2.38. The molecule has 3 aromatic rings. The standard InChI is InChI=1S/C26H24F8N4O3S/c1-40-21-16(23(35)37-39)10-17(27)22(20(21)28)41-12-19-18(11-38-8-6-15(7-9-38)26(32,33)34)36-24(42-19)13-2-4-14(5-3-13)25(29,30)31/h2-5,10,15,39H,6-9,11-12H2,1H3,(H2,35,37). The Balaban J connectivity index is 1.62. The Morgan fingerprint density at radius 3 is 2.29 bits per heavy atom. The molecule has 0 aliphatic carbocycles.